The SMILES string of the molecule is COc1ccc2c(c1)C(=O)N(C[C@@]1(Cc3ccccc3)NC(=O)NC1=O)C2. The van der Waals surface area contributed by atoms with E-state index in [-0.39, 0.29) is 12.5 Å². The summed E-state index contributed by atoms with van der Waals surface area (Å²) in [4.78, 5) is 38.9. The van der Waals surface area contributed by atoms with Gasteiger partial charge < -0.3 is 15.0 Å². The predicted octanol–water partition coefficient (Wildman–Crippen LogP) is 1.47. The summed E-state index contributed by atoms with van der Waals surface area (Å²) in [5.74, 6) is 0.0119. The summed E-state index contributed by atoms with van der Waals surface area (Å²) < 4.78 is 5.19. The van der Waals surface area contributed by atoms with E-state index in [2.05, 4.69) is 10.6 Å². The highest BCUT2D eigenvalue weighted by molar-refractivity contribution is 6.08. The highest BCUT2D eigenvalue weighted by atomic mass is 16.5. The van der Waals surface area contributed by atoms with Crippen molar-refractivity contribution < 1.29 is 19.1 Å². The van der Waals surface area contributed by atoms with Gasteiger partial charge in [-0.2, -0.15) is 0 Å². The van der Waals surface area contributed by atoms with Gasteiger partial charge in [0.15, 0.2) is 0 Å². The fraction of sp³-hybridized carbons (Fsp3) is 0.250. The van der Waals surface area contributed by atoms with Gasteiger partial charge in [-0.25, -0.2) is 4.79 Å². The van der Waals surface area contributed by atoms with Crippen LogP contribution in [0, 0.1) is 0 Å². The maximum Gasteiger partial charge on any atom is 0.322 e. The fourth-order valence-electron chi connectivity index (χ4n) is 3.68. The third-order valence-corrected chi connectivity index (χ3v) is 5.02. The van der Waals surface area contributed by atoms with E-state index in [9.17, 15) is 14.4 Å². The number of rotatable bonds is 5. The van der Waals surface area contributed by atoms with Crippen LogP contribution in [0.2, 0.25) is 0 Å². The van der Waals surface area contributed by atoms with Crippen molar-refractivity contribution in [3.05, 3.63) is 65.2 Å². The summed E-state index contributed by atoms with van der Waals surface area (Å²) in [5, 5.41) is 5.05. The number of hydrogen-bond acceptors (Lipinski definition) is 4. The first-order chi connectivity index (χ1) is 13.0. The van der Waals surface area contributed by atoms with Crippen molar-refractivity contribution in [2.45, 2.75) is 18.5 Å². The molecule has 27 heavy (non-hydrogen) atoms. The number of amides is 4. The number of carbonyl (C=O) groups is 3. The highest BCUT2D eigenvalue weighted by Gasteiger charge is 2.49. The quantitative estimate of drug-likeness (QED) is 0.786. The lowest BCUT2D eigenvalue weighted by Crippen LogP contribution is -2.56. The van der Waals surface area contributed by atoms with E-state index in [1.54, 1.807) is 24.1 Å². The Morgan fingerprint density at radius 2 is 1.89 bits per heavy atom. The van der Waals surface area contributed by atoms with Crippen LogP contribution in [0.5, 0.6) is 5.75 Å². The number of fused-ring (bicyclic) bond motifs is 1. The van der Waals surface area contributed by atoms with E-state index in [4.69, 9.17) is 4.74 Å². The number of carbonyl (C=O) groups excluding carboxylic acids is 3. The molecule has 0 unspecified atom stereocenters. The molecule has 0 spiro atoms. The lowest BCUT2D eigenvalue weighted by molar-refractivity contribution is -0.124. The van der Waals surface area contributed by atoms with Gasteiger partial charge in [-0.05, 0) is 23.3 Å². The summed E-state index contributed by atoms with van der Waals surface area (Å²) >= 11 is 0. The molecule has 2 aromatic carbocycles. The minimum atomic E-state index is -1.19. The van der Waals surface area contributed by atoms with Gasteiger partial charge in [-0.15, -0.1) is 0 Å². The molecule has 0 bridgehead atoms. The van der Waals surface area contributed by atoms with Gasteiger partial charge in [-0.1, -0.05) is 36.4 Å². The van der Waals surface area contributed by atoms with E-state index >= 15 is 0 Å². The van der Waals surface area contributed by atoms with Crippen molar-refractivity contribution in [3.63, 3.8) is 0 Å². The molecule has 2 heterocycles. The fourth-order valence-corrected chi connectivity index (χ4v) is 3.68. The molecule has 7 heteroatoms. The largest absolute Gasteiger partial charge is 0.497 e. The van der Waals surface area contributed by atoms with Crippen LogP contribution in [0.4, 0.5) is 4.79 Å². The number of benzene rings is 2. The average molecular weight is 365 g/mol. The summed E-state index contributed by atoms with van der Waals surface area (Å²) in [5.41, 5.74) is 1.15. The van der Waals surface area contributed by atoms with Crippen LogP contribution in [0.25, 0.3) is 0 Å². The molecule has 1 fully saturated rings. The second-order valence-corrected chi connectivity index (χ2v) is 6.84. The van der Waals surface area contributed by atoms with Crippen molar-refractivity contribution in [3.8, 4) is 5.75 Å². The van der Waals surface area contributed by atoms with Gasteiger partial charge in [0.25, 0.3) is 11.8 Å². The standard InChI is InChI=1S/C20H19N3O4/c1-27-15-8-7-14-11-23(17(24)16(14)9-15)12-20(18(25)21-19(26)22-20)10-13-5-3-2-4-6-13/h2-9H,10-12H2,1H3,(H2,21,22,25,26)/t20-/m1/s1. The van der Waals surface area contributed by atoms with Crippen molar-refractivity contribution in [1.29, 1.82) is 0 Å². The molecule has 4 amide bonds. The molecule has 1 atom stereocenters. The predicted molar refractivity (Wildman–Crippen MR) is 97.3 cm³/mol. The Bertz CT molecular complexity index is 928. The van der Waals surface area contributed by atoms with Gasteiger partial charge in [-0.3, -0.25) is 14.9 Å². The molecule has 0 radical (unpaired) electrons. The Labute approximate surface area is 156 Å². The Morgan fingerprint density at radius 1 is 1.11 bits per heavy atom. The molecule has 138 valence electrons. The molecule has 1 saturated heterocycles. The first kappa shape index (κ1) is 17.1. The normalized spacial score (nSPS) is 21.1. The topological polar surface area (TPSA) is 87.7 Å². The lowest BCUT2D eigenvalue weighted by Gasteiger charge is -2.31. The number of nitrogens with one attached hydrogen (secondary N) is 2. The zero-order chi connectivity index (χ0) is 19.0. The van der Waals surface area contributed by atoms with Gasteiger partial charge in [0.05, 0.1) is 13.7 Å². The van der Waals surface area contributed by atoms with Crippen molar-refractivity contribution in [2.75, 3.05) is 13.7 Å². The monoisotopic (exact) mass is 365 g/mol. The van der Waals surface area contributed by atoms with Crippen LogP contribution in [0.15, 0.2) is 48.5 Å². The van der Waals surface area contributed by atoms with Crippen LogP contribution in [0.1, 0.15) is 21.5 Å². The number of nitrogens with zero attached hydrogens (tertiary/aromatic N) is 1. The van der Waals surface area contributed by atoms with E-state index in [0.717, 1.165) is 11.1 Å². The second kappa shape index (κ2) is 6.42. The van der Waals surface area contributed by atoms with E-state index in [1.807, 2.05) is 36.4 Å². The maximum atomic E-state index is 12.9. The minimum absolute atomic E-state index is 0.0926. The zero-order valence-corrected chi connectivity index (χ0v) is 14.8. The number of imide groups is 1. The molecular weight excluding hydrogens is 346 g/mol. The Morgan fingerprint density at radius 3 is 2.56 bits per heavy atom. The second-order valence-electron chi connectivity index (χ2n) is 6.84. The van der Waals surface area contributed by atoms with E-state index in [0.29, 0.717) is 24.3 Å². The van der Waals surface area contributed by atoms with Gasteiger partial charge in [0, 0.05) is 18.5 Å². The van der Waals surface area contributed by atoms with Crippen LogP contribution in [-0.2, 0) is 17.8 Å². The Kier molecular flexibility index (Phi) is 4.07. The molecule has 4 rings (SSSR count). The molecule has 2 aromatic rings. The first-order valence-corrected chi connectivity index (χ1v) is 8.64. The average Bonchev–Trinajstić information content (AvgIpc) is 3.11. The molecule has 2 N–H and O–H groups in total. The van der Waals surface area contributed by atoms with Crippen LogP contribution in [-0.4, -0.2) is 41.9 Å². The Hall–Kier alpha value is -3.35. The van der Waals surface area contributed by atoms with E-state index in [1.165, 1.54) is 0 Å². The van der Waals surface area contributed by atoms with Crippen LogP contribution < -0.4 is 15.4 Å². The number of methoxy groups -OCH3 is 1. The number of urea groups is 1. The maximum absolute atomic E-state index is 12.9. The van der Waals surface area contributed by atoms with Gasteiger partial charge in [0.2, 0.25) is 0 Å². The number of hydrogen-bond donors (Lipinski definition) is 2. The molecular formula is C20H19N3O4. The molecule has 2 aliphatic heterocycles. The lowest BCUT2D eigenvalue weighted by atomic mass is 9.90. The van der Waals surface area contributed by atoms with Crippen molar-refractivity contribution >= 4 is 17.8 Å². The van der Waals surface area contributed by atoms with Crippen molar-refractivity contribution in [2.24, 2.45) is 0 Å². The summed E-state index contributed by atoms with van der Waals surface area (Å²) in [7, 11) is 1.55. The molecule has 0 aliphatic carbocycles. The number of ether oxygens (including phenoxy) is 1. The van der Waals surface area contributed by atoms with Crippen LogP contribution >= 0.6 is 0 Å². The minimum Gasteiger partial charge on any atom is -0.497 e. The summed E-state index contributed by atoms with van der Waals surface area (Å²) in [6, 6.07) is 14.2. The highest BCUT2D eigenvalue weighted by Crippen LogP contribution is 2.29. The third-order valence-electron chi connectivity index (χ3n) is 5.02. The van der Waals surface area contributed by atoms with Crippen molar-refractivity contribution in [1.82, 2.24) is 15.5 Å². The summed E-state index contributed by atoms with van der Waals surface area (Å²) in [6.45, 7) is 0.479. The smallest absolute Gasteiger partial charge is 0.322 e. The van der Waals surface area contributed by atoms with Crippen LogP contribution in [0.3, 0.4) is 0 Å². The molecule has 0 saturated carbocycles. The first-order valence-electron chi connectivity index (χ1n) is 8.64. The van der Waals surface area contributed by atoms with Gasteiger partial charge >= 0.3 is 6.03 Å². The van der Waals surface area contributed by atoms with Gasteiger partial charge in [0.1, 0.15) is 11.3 Å². The Balaban J connectivity index is 1.62. The molecule has 2 aliphatic rings. The molecule has 7 nitrogen and oxygen atoms in total. The van der Waals surface area contributed by atoms with E-state index < -0.39 is 17.5 Å². The third kappa shape index (κ3) is 3.01. The zero-order valence-electron chi connectivity index (χ0n) is 14.8. The summed E-state index contributed by atoms with van der Waals surface area (Å²) in [6.07, 6.45) is 0.300. The molecule has 0 aromatic heterocycles.